The molecule has 0 bridgehead atoms. The van der Waals surface area contributed by atoms with E-state index >= 15 is 0 Å². The van der Waals surface area contributed by atoms with Crippen molar-refractivity contribution >= 4 is 5.91 Å². The summed E-state index contributed by atoms with van der Waals surface area (Å²) < 4.78 is 0. The number of nitrogens with one attached hydrogen (secondary N) is 1. The Morgan fingerprint density at radius 2 is 1.91 bits per heavy atom. The molecule has 0 aliphatic heterocycles. The van der Waals surface area contributed by atoms with Gasteiger partial charge in [0, 0.05) is 11.8 Å². The first-order valence-corrected chi connectivity index (χ1v) is 7.69. The number of aromatic hydroxyl groups is 1. The minimum absolute atomic E-state index is 0.108. The molecule has 1 aromatic carbocycles. The maximum absolute atomic E-state index is 11.8. The van der Waals surface area contributed by atoms with Crippen LogP contribution < -0.4 is 11.3 Å². The molecule has 23 heavy (non-hydrogen) atoms. The molecule has 0 atom stereocenters. The van der Waals surface area contributed by atoms with Crippen molar-refractivity contribution in [1.82, 2.24) is 9.97 Å². The number of benzene rings is 1. The van der Waals surface area contributed by atoms with Crippen molar-refractivity contribution in [2.75, 3.05) is 0 Å². The Kier molecular flexibility index (Phi) is 3.90. The third-order valence-corrected chi connectivity index (χ3v) is 4.63. The van der Waals surface area contributed by atoms with Crippen LogP contribution in [0.15, 0.2) is 35.1 Å². The molecule has 6 heteroatoms. The van der Waals surface area contributed by atoms with Gasteiger partial charge >= 0.3 is 0 Å². The summed E-state index contributed by atoms with van der Waals surface area (Å²) in [7, 11) is 0. The molecule has 1 saturated carbocycles. The Balaban J connectivity index is 2.02. The van der Waals surface area contributed by atoms with Gasteiger partial charge in [0.25, 0.3) is 11.5 Å². The molecule has 2 aromatic rings. The molecule has 1 fully saturated rings. The molecule has 0 unspecified atom stereocenters. The minimum Gasteiger partial charge on any atom is -0.501 e. The van der Waals surface area contributed by atoms with Crippen molar-refractivity contribution in [2.24, 2.45) is 5.73 Å². The van der Waals surface area contributed by atoms with Crippen LogP contribution >= 0.6 is 0 Å². The molecule has 1 heterocycles. The number of nitrogens with zero attached hydrogens (tertiary/aromatic N) is 1. The molecule has 1 amide bonds. The summed E-state index contributed by atoms with van der Waals surface area (Å²) in [5, 5.41) is 9.63. The summed E-state index contributed by atoms with van der Waals surface area (Å²) in [6, 6.07) is 10.1. The largest absolute Gasteiger partial charge is 0.501 e. The summed E-state index contributed by atoms with van der Waals surface area (Å²) in [6.45, 7) is 0. The van der Waals surface area contributed by atoms with Crippen molar-refractivity contribution in [3.05, 3.63) is 57.8 Å². The lowest BCUT2D eigenvalue weighted by Gasteiger charge is -2.29. The summed E-state index contributed by atoms with van der Waals surface area (Å²) in [6.07, 6.45) is 4.72. The van der Waals surface area contributed by atoms with Gasteiger partial charge in [0.1, 0.15) is 5.82 Å². The van der Waals surface area contributed by atoms with E-state index in [1.807, 2.05) is 18.2 Å². The molecule has 1 aliphatic carbocycles. The van der Waals surface area contributed by atoms with Gasteiger partial charge in [0.15, 0.2) is 5.69 Å². The number of aromatic nitrogens is 2. The van der Waals surface area contributed by atoms with Crippen LogP contribution in [0.5, 0.6) is 5.75 Å². The van der Waals surface area contributed by atoms with Gasteiger partial charge in [0.05, 0.1) is 0 Å². The number of carbonyl (C=O) groups is 1. The lowest BCUT2D eigenvalue weighted by molar-refractivity contribution is 0.0991. The van der Waals surface area contributed by atoms with Crippen LogP contribution in [-0.2, 0) is 11.8 Å². The standard InChI is InChI=1S/C17H19N3O3/c18-15(22)13-14(21)16(23)20-12(19-13)10-17(8-4-5-9-17)11-6-2-1-3-7-11/h1-3,6-7,21H,4-5,8-10H2,(H2,18,22)(H,19,20,23). The minimum atomic E-state index is -0.907. The van der Waals surface area contributed by atoms with Gasteiger partial charge in [-0.05, 0) is 18.4 Å². The molecule has 1 aromatic heterocycles. The normalized spacial score (nSPS) is 16.3. The number of rotatable bonds is 4. The molecule has 6 nitrogen and oxygen atoms in total. The summed E-state index contributed by atoms with van der Waals surface area (Å²) in [5.41, 5.74) is 5.18. The number of primary amides is 1. The van der Waals surface area contributed by atoms with Crippen LogP contribution in [0, 0.1) is 0 Å². The van der Waals surface area contributed by atoms with Gasteiger partial charge in [-0.25, -0.2) is 4.98 Å². The molecular weight excluding hydrogens is 294 g/mol. The Hall–Kier alpha value is -2.63. The Labute approximate surface area is 133 Å². The first-order chi connectivity index (χ1) is 11.0. The van der Waals surface area contributed by atoms with Crippen molar-refractivity contribution in [1.29, 1.82) is 0 Å². The van der Waals surface area contributed by atoms with Gasteiger partial charge in [-0.3, -0.25) is 9.59 Å². The number of H-pyrrole nitrogens is 1. The van der Waals surface area contributed by atoms with Crippen molar-refractivity contribution < 1.29 is 9.90 Å². The molecule has 0 spiro atoms. The highest BCUT2D eigenvalue weighted by atomic mass is 16.3. The molecular formula is C17H19N3O3. The van der Waals surface area contributed by atoms with E-state index in [2.05, 4.69) is 22.1 Å². The van der Waals surface area contributed by atoms with Gasteiger partial charge in [-0.1, -0.05) is 43.2 Å². The molecule has 4 N–H and O–H groups in total. The highest BCUT2D eigenvalue weighted by Gasteiger charge is 2.36. The zero-order valence-electron chi connectivity index (χ0n) is 12.7. The monoisotopic (exact) mass is 313 g/mol. The van der Waals surface area contributed by atoms with E-state index in [0.717, 1.165) is 25.7 Å². The molecule has 0 radical (unpaired) electrons. The van der Waals surface area contributed by atoms with Crippen LogP contribution in [0.25, 0.3) is 0 Å². The third kappa shape index (κ3) is 2.84. The average Bonchev–Trinajstić information content (AvgIpc) is 3.01. The SMILES string of the molecule is NC(=O)c1nc(CC2(c3ccccc3)CCCC2)[nH]c(=O)c1O. The Morgan fingerprint density at radius 1 is 1.26 bits per heavy atom. The molecule has 0 saturated heterocycles. The first kappa shape index (κ1) is 15.3. The van der Waals surface area contributed by atoms with Gasteiger partial charge < -0.3 is 15.8 Å². The van der Waals surface area contributed by atoms with Crippen LogP contribution in [-0.4, -0.2) is 21.0 Å². The van der Waals surface area contributed by atoms with E-state index in [1.54, 1.807) is 0 Å². The highest BCUT2D eigenvalue weighted by molar-refractivity contribution is 5.93. The predicted molar refractivity (Wildman–Crippen MR) is 85.3 cm³/mol. The smallest absolute Gasteiger partial charge is 0.293 e. The van der Waals surface area contributed by atoms with Gasteiger partial charge in [0.2, 0.25) is 5.75 Å². The second-order valence-electron chi connectivity index (χ2n) is 6.10. The first-order valence-electron chi connectivity index (χ1n) is 7.69. The maximum atomic E-state index is 11.8. The number of amides is 1. The van der Waals surface area contributed by atoms with E-state index in [1.165, 1.54) is 5.56 Å². The van der Waals surface area contributed by atoms with E-state index in [0.29, 0.717) is 12.2 Å². The van der Waals surface area contributed by atoms with Crippen LogP contribution in [0.4, 0.5) is 0 Å². The van der Waals surface area contributed by atoms with Gasteiger partial charge in [-0.2, -0.15) is 0 Å². The Morgan fingerprint density at radius 3 is 2.52 bits per heavy atom. The third-order valence-electron chi connectivity index (χ3n) is 4.63. The van der Waals surface area contributed by atoms with Gasteiger partial charge in [-0.15, -0.1) is 0 Å². The summed E-state index contributed by atoms with van der Waals surface area (Å²) in [4.78, 5) is 29.8. The molecule has 1 aliphatic rings. The predicted octanol–water partition coefficient (Wildman–Crippen LogP) is 1.63. The van der Waals surface area contributed by atoms with Crippen LogP contribution in [0.2, 0.25) is 0 Å². The maximum Gasteiger partial charge on any atom is 0.293 e. The molecule has 3 rings (SSSR count). The van der Waals surface area contributed by atoms with E-state index < -0.39 is 17.2 Å². The second-order valence-corrected chi connectivity index (χ2v) is 6.10. The topological polar surface area (TPSA) is 109 Å². The average molecular weight is 313 g/mol. The number of nitrogens with two attached hydrogens (primary N) is 1. The van der Waals surface area contributed by atoms with Crippen molar-refractivity contribution in [2.45, 2.75) is 37.5 Å². The lowest BCUT2D eigenvalue weighted by atomic mass is 9.76. The molecule has 120 valence electrons. The second kappa shape index (κ2) is 5.87. The number of aromatic amines is 1. The Bertz CT molecular complexity index is 777. The van der Waals surface area contributed by atoms with E-state index in [-0.39, 0.29) is 11.1 Å². The van der Waals surface area contributed by atoms with Crippen molar-refractivity contribution in [3.63, 3.8) is 0 Å². The fraction of sp³-hybridized carbons (Fsp3) is 0.353. The number of hydrogen-bond acceptors (Lipinski definition) is 4. The van der Waals surface area contributed by atoms with E-state index in [4.69, 9.17) is 5.73 Å². The van der Waals surface area contributed by atoms with E-state index in [9.17, 15) is 14.7 Å². The van der Waals surface area contributed by atoms with Crippen LogP contribution in [0.1, 0.15) is 47.6 Å². The fourth-order valence-electron chi connectivity index (χ4n) is 3.50. The number of hydrogen-bond donors (Lipinski definition) is 3. The highest BCUT2D eigenvalue weighted by Crippen LogP contribution is 2.43. The zero-order chi connectivity index (χ0) is 16.4. The van der Waals surface area contributed by atoms with Crippen molar-refractivity contribution in [3.8, 4) is 5.75 Å². The van der Waals surface area contributed by atoms with Crippen LogP contribution in [0.3, 0.4) is 0 Å². The quantitative estimate of drug-likeness (QED) is 0.797. The summed E-state index contributed by atoms with van der Waals surface area (Å²) in [5.74, 6) is -1.25. The fourth-order valence-corrected chi connectivity index (χ4v) is 3.50. The lowest BCUT2D eigenvalue weighted by Crippen LogP contribution is -2.29. The summed E-state index contributed by atoms with van der Waals surface area (Å²) >= 11 is 0. The number of carbonyl (C=O) groups excluding carboxylic acids is 1. The zero-order valence-corrected chi connectivity index (χ0v) is 12.7.